The number of rotatable bonds is 8. The summed E-state index contributed by atoms with van der Waals surface area (Å²) in [6.07, 6.45) is 0. The number of benzene rings is 1. The van der Waals surface area contributed by atoms with E-state index in [9.17, 15) is 4.79 Å². The van der Waals surface area contributed by atoms with Crippen LogP contribution in [0, 0.1) is 0 Å². The van der Waals surface area contributed by atoms with Crippen LogP contribution in [0.4, 0.5) is 0 Å². The lowest BCUT2D eigenvalue weighted by molar-refractivity contribution is -0.126. The molecular weight excluding hydrogens is 336 g/mol. The Bertz CT molecular complexity index is 784. The zero-order valence-electron chi connectivity index (χ0n) is 14.0. The van der Waals surface area contributed by atoms with Gasteiger partial charge in [0.25, 0.3) is 0 Å². The number of hydrogen-bond acceptors (Lipinski definition) is 5. The van der Waals surface area contributed by atoms with Crippen molar-refractivity contribution in [2.45, 2.75) is 19.4 Å². The highest BCUT2D eigenvalue weighted by atomic mass is 32.1. The lowest BCUT2D eigenvalue weighted by Gasteiger charge is -2.13. The van der Waals surface area contributed by atoms with E-state index in [4.69, 9.17) is 9.26 Å². The highest BCUT2D eigenvalue weighted by Crippen LogP contribution is 2.25. The zero-order chi connectivity index (χ0) is 17.5. The number of nitrogens with one attached hydrogen (secondary N) is 1. The number of nitrogens with zero attached hydrogens (tertiary/aromatic N) is 1. The molecule has 0 unspecified atom stereocenters. The van der Waals surface area contributed by atoms with E-state index in [1.54, 1.807) is 11.3 Å². The number of carbonyl (C=O) groups excluding carboxylic acids is 1. The van der Waals surface area contributed by atoms with Crippen LogP contribution in [-0.4, -0.2) is 24.2 Å². The molecule has 6 heteroatoms. The van der Waals surface area contributed by atoms with Gasteiger partial charge in [0.05, 0.1) is 11.5 Å². The van der Waals surface area contributed by atoms with Crippen LogP contribution in [0.15, 0.2) is 58.4 Å². The van der Waals surface area contributed by atoms with E-state index in [2.05, 4.69) is 29.5 Å². The highest BCUT2D eigenvalue weighted by molar-refractivity contribution is 7.13. The van der Waals surface area contributed by atoms with E-state index in [0.717, 1.165) is 10.6 Å². The Labute approximate surface area is 150 Å². The Morgan fingerprint density at radius 2 is 2.12 bits per heavy atom. The summed E-state index contributed by atoms with van der Waals surface area (Å²) in [4.78, 5) is 12.9. The molecule has 2 heterocycles. The maximum absolute atomic E-state index is 11.9. The lowest BCUT2D eigenvalue weighted by Crippen LogP contribution is -2.30. The predicted octanol–water partition coefficient (Wildman–Crippen LogP) is 3.84. The average molecular weight is 356 g/mol. The molecule has 0 aliphatic rings. The molecule has 0 saturated heterocycles. The fourth-order valence-electron chi connectivity index (χ4n) is 2.38. The standard InChI is InChI=1S/C19H20N2O3S/c1-14(15-6-3-2-4-7-15)11-20-19(22)13-23-12-16-10-17(24-21-16)18-8-5-9-25-18/h2-10,14H,11-13H2,1H3,(H,20,22)/t14-/m1/s1. The second-order valence-electron chi connectivity index (χ2n) is 5.77. The van der Waals surface area contributed by atoms with Crippen molar-refractivity contribution in [3.63, 3.8) is 0 Å². The van der Waals surface area contributed by atoms with Gasteiger partial charge in [-0.1, -0.05) is 48.5 Å². The van der Waals surface area contributed by atoms with E-state index in [1.165, 1.54) is 5.56 Å². The van der Waals surface area contributed by atoms with Crippen molar-refractivity contribution < 1.29 is 14.1 Å². The molecule has 0 aliphatic carbocycles. The molecule has 1 N–H and O–H groups in total. The minimum absolute atomic E-state index is 0.00268. The molecule has 0 bridgehead atoms. The van der Waals surface area contributed by atoms with Gasteiger partial charge in [-0.05, 0) is 22.9 Å². The molecule has 3 aromatic rings. The van der Waals surface area contributed by atoms with Crippen molar-refractivity contribution in [1.82, 2.24) is 10.5 Å². The summed E-state index contributed by atoms with van der Waals surface area (Å²) in [5, 5.41) is 8.83. The highest BCUT2D eigenvalue weighted by Gasteiger charge is 2.10. The van der Waals surface area contributed by atoms with Gasteiger partial charge in [0, 0.05) is 12.6 Å². The molecule has 1 aromatic carbocycles. The molecule has 2 aromatic heterocycles. The van der Waals surface area contributed by atoms with Crippen LogP contribution in [0.3, 0.4) is 0 Å². The fourth-order valence-corrected chi connectivity index (χ4v) is 3.05. The molecule has 5 nitrogen and oxygen atoms in total. The van der Waals surface area contributed by atoms with E-state index in [0.29, 0.717) is 12.2 Å². The predicted molar refractivity (Wildman–Crippen MR) is 97.3 cm³/mol. The van der Waals surface area contributed by atoms with Crippen molar-refractivity contribution in [2.24, 2.45) is 0 Å². The van der Waals surface area contributed by atoms with Gasteiger partial charge in [-0.15, -0.1) is 11.3 Å². The average Bonchev–Trinajstić information content (AvgIpc) is 3.32. The van der Waals surface area contributed by atoms with Gasteiger partial charge in [-0.25, -0.2) is 0 Å². The number of thiophene rings is 1. The summed E-state index contributed by atoms with van der Waals surface area (Å²) >= 11 is 1.59. The van der Waals surface area contributed by atoms with Crippen LogP contribution >= 0.6 is 11.3 Å². The van der Waals surface area contributed by atoms with Crippen molar-refractivity contribution >= 4 is 17.2 Å². The third-order valence-corrected chi connectivity index (χ3v) is 4.66. The van der Waals surface area contributed by atoms with Gasteiger partial charge in [-0.2, -0.15) is 0 Å². The van der Waals surface area contributed by atoms with Crippen LogP contribution in [0.25, 0.3) is 10.6 Å². The number of carbonyl (C=O) groups is 1. The number of aromatic nitrogens is 1. The number of amides is 1. The number of hydrogen-bond donors (Lipinski definition) is 1. The Morgan fingerprint density at radius 1 is 1.28 bits per heavy atom. The van der Waals surface area contributed by atoms with Crippen molar-refractivity contribution in [3.8, 4) is 10.6 Å². The molecule has 0 fully saturated rings. The van der Waals surface area contributed by atoms with Crippen LogP contribution in [0.5, 0.6) is 0 Å². The maximum Gasteiger partial charge on any atom is 0.246 e. The zero-order valence-corrected chi connectivity index (χ0v) is 14.8. The van der Waals surface area contributed by atoms with Crippen LogP contribution in [0.1, 0.15) is 24.1 Å². The van der Waals surface area contributed by atoms with Crippen LogP contribution < -0.4 is 5.32 Å². The summed E-state index contributed by atoms with van der Waals surface area (Å²) in [6.45, 7) is 2.91. The van der Waals surface area contributed by atoms with Crippen molar-refractivity contribution in [1.29, 1.82) is 0 Å². The summed E-state index contributed by atoms with van der Waals surface area (Å²) in [6, 6.07) is 15.9. The Balaban J connectivity index is 1.38. The van der Waals surface area contributed by atoms with E-state index in [1.807, 2.05) is 41.8 Å². The molecule has 1 amide bonds. The third kappa shape index (κ3) is 5.01. The molecule has 25 heavy (non-hydrogen) atoms. The topological polar surface area (TPSA) is 64.4 Å². The second kappa shape index (κ2) is 8.60. The van der Waals surface area contributed by atoms with E-state index >= 15 is 0 Å². The van der Waals surface area contributed by atoms with Crippen molar-refractivity contribution in [3.05, 3.63) is 65.2 Å². The van der Waals surface area contributed by atoms with E-state index < -0.39 is 0 Å². The largest absolute Gasteiger partial charge is 0.365 e. The summed E-state index contributed by atoms with van der Waals surface area (Å²) in [5.74, 6) is 0.841. The lowest BCUT2D eigenvalue weighted by atomic mass is 10.0. The first-order valence-corrected chi connectivity index (χ1v) is 8.99. The fraction of sp³-hybridized carbons (Fsp3) is 0.263. The van der Waals surface area contributed by atoms with Gasteiger partial charge in [0.1, 0.15) is 12.3 Å². The van der Waals surface area contributed by atoms with Crippen LogP contribution in [0.2, 0.25) is 0 Å². The smallest absolute Gasteiger partial charge is 0.246 e. The summed E-state index contributed by atoms with van der Waals surface area (Å²) < 4.78 is 10.7. The third-order valence-electron chi connectivity index (χ3n) is 3.78. The molecule has 0 saturated carbocycles. The molecule has 1 atom stereocenters. The quantitative estimate of drug-likeness (QED) is 0.666. The maximum atomic E-state index is 11.9. The second-order valence-corrected chi connectivity index (χ2v) is 6.72. The monoisotopic (exact) mass is 356 g/mol. The molecular formula is C19H20N2O3S. The Kier molecular flexibility index (Phi) is 5.98. The van der Waals surface area contributed by atoms with Gasteiger partial charge >= 0.3 is 0 Å². The summed E-state index contributed by atoms with van der Waals surface area (Å²) in [7, 11) is 0. The minimum Gasteiger partial charge on any atom is -0.365 e. The minimum atomic E-state index is -0.134. The van der Waals surface area contributed by atoms with Gasteiger partial charge < -0.3 is 14.6 Å². The van der Waals surface area contributed by atoms with Crippen molar-refractivity contribution in [2.75, 3.05) is 13.2 Å². The molecule has 3 rings (SSSR count). The van der Waals surface area contributed by atoms with Gasteiger partial charge in [0.15, 0.2) is 5.76 Å². The number of ether oxygens (including phenoxy) is 1. The summed E-state index contributed by atoms with van der Waals surface area (Å²) in [5.41, 5.74) is 1.88. The van der Waals surface area contributed by atoms with Crippen LogP contribution in [-0.2, 0) is 16.1 Å². The normalized spacial score (nSPS) is 12.0. The molecule has 0 radical (unpaired) electrons. The first-order chi connectivity index (χ1) is 12.2. The molecule has 0 spiro atoms. The van der Waals surface area contributed by atoms with Gasteiger partial charge in [0.2, 0.25) is 5.91 Å². The first-order valence-electron chi connectivity index (χ1n) is 8.11. The molecule has 130 valence electrons. The first kappa shape index (κ1) is 17.4. The van der Waals surface area contributed by atoms with Gasteiger partial charge in [-0.3, -0.25) is 4.79 Å². The Morgan fingerprint density at radius 3 is 2.88 bits per heavy atom. The SMILES string of the molecule is C[C@H](CNC(=O)COCc1cc(-c2cccs2)on1)c1ccccc1. The molecule has 0 aliphatic heterocycles. The van der Waals surface area contributed by atoms with E-state index in [-0.39, 0.29) is 25.0 Å². The Hall–Kier alpha value is -2.44.